The third-order valence-electron chi connectivity index (χ3n) is 4.98. The fraction of sp³-hybridized carbons (Fsp3) is 0.950. The number of hydrogen-bond donors (Lipinski definition) is 2. The Morgan fingerprint density at radius 2 is 2.04 bits per heavy atom. The van der Waals surface area contributed by atoms with Gasteiger partial charge in [-0.3, -0.25) is 9.89 Å². The summed E-state index contributed by atoms with van der Waals surface area (Å²) in [6.07, 6.45) is 3.73. The Morgan fingerprint density at radius 1 is 1.22 bits per heavy atom. The van der Waals surface area contributed by atoms with Gasteiger partial charge >= 0.3 is 0 Å². The lowest BCUT2D eigenvalue weighted by Gasteiger charge is -2.34. The number of hydrogen-bond acceptors (Lipinski definition) is 5. The number of aliphatic imine (C=N–C) groups is 1. The molecule has 2 aliphatic heterocycles. The molecule has 2 aliphatic rings. The molecule has 2 N–H and O–H groups in total. The summed E-state index contributed by atoms with van der Waals surface area (Å²) in [5.41, 5.74) is 0. The predicted octanol–water partition coefficient (Wildman–Crippen LogP) is 1.48. The van der Waals surface area contributed by atoms with Gasteiger partial charge in [-0.05, 0) is 32.1 Å². The van der Waals surface area contributed by atoms with Gasteiger partial charge in [-0.2, -0.15) is 0 Å². The number of rotatable bonds is 11. The van der Waals surface area contributed by atoms with Gasteiger partial charge in [0.15, 0.2) is 5.96 Å². The van der Waals surface area contributed by atoms with Gasteiger partial charge in [0.1, 0.15) is 0 Å². The average Bonchev–Trinajstić information content (AvgIpc) is 3.18. The number of ether oxygens (including phenoxy) is 3. The molecule has 7 nitrogen and oxygen atoms in total. The average molecular weight is 385 g/mol. The van der Waals surface area contributed by atoms with E-state index in [1.165, 1.54) is 0 Å². The van der Waals surface area contributed by atoms with E-state index in [0.717, 1.165) is 77.8 Å². The van der Waals surface area contributed by atoms with Gasteiger partial charge in [-0.25, -0.2) is 0 Å². The normalized spacial score (nSPS) is 23.0. The van der Waals surface area contributed by atoms with Crippen molar-refractivity contribution in [3.63, 3.8) is 0 Å². The summed E-state index contributed by atoms with van der Waals surface area (Å²) < 4.78 is 16.8. The van der Waals surface area contributed by atoms with Crippen molar-refractivity contribution in [2.45, 2.75) is 52.2 Å². The first-order valence-corrected chi connectivity index (χ1v) is 10.7. The molecule has 0 radical (unpaired) electrons. The zero-order chi connectivity index (χ0) is 19.3. The molecule has 2 rings (SSSR count). The molecule has 27 heavy (non-hydrogen) atoms. The molecule has 0 aliphatic carbocycles. The molecule has 0 aromatic rings. The molecule has 0 bridgehead atoms. The molecule has 2 unspecified atom stereocenters. The van der Waals surface area contributed by atoms with Crippen molar-refractivity contribution >= 4 is 5.96 Å². The standard InChI is InChI=1S/C20H40N4O3/c1-4-21-20(22-7-11-26-16-19-6-5-10-27-19)23-15-18(14-17(2)3)24-8-12-25-13-9-24/h17-19H,4-16H2,1-3H3,(H2,21,22,23). The minimum atomic E-state index is 0.289. The molecule has 7 heteroatoms. The molecule has 0 spiro atoms. The van der Waals surface area contributed by atoms with Crippen molar-refractivity contribution in [2.75, 3.05) is 65.8 Å². The zero-order valence-corrected chi connectivity index (χ0v) is 17.5. The van der Waals surface area contributed by atoms with Gasteiger partial charge < -0.3 is 24.8 Å². The van der Waals surface area contributed by atoms with Crippen LogP contribution in [0.1, 0.15) is 40.0 Å². The van der Waals surface area contributed by atoms with Crippen LogP contribution in [0.5, 0.6) is 0 Å². The van der Waals surface area contributed by atoms with Crippen LogP contribution in [-0.2, 0) is 14.2 Å². The lowest BCUT2D eigenvalue weighted by atomic mass is 10.0. The van der Waals surface area contributed by atoms with Crippen molar-refractivity contribution in [3.05, 3.63) is 0 Å². The van der Waals surface area contributed by atoms with Gasteiger partial charge in [0.05, 0.1) is 39.1 Å². The molecule has 2 fully saturated rings. The number of nitrogens with zero attached hydrogens (tertiary/aromatic N) is 2. The second-order valence-electron chi connectivity index (χ2n) is 7.79. The van der Waals surface area contributed by atoms with Gasteiger partial charge in [0.2, 0.25) is 0 Å². The van der Waals surface area contributed by atoms with Crippen LogP contribution >= 0.6 is 0 Å². The lowest BCUT2D eigenvalue weighted by Crippen LogP contribution is -2.46. The van der Waals surface area contributed by atoms with E-state index < -0.39 is 0 Å². The highest BCUT2D eigenvalue weighted by Crippen LogP contribution is 2.14. The molecule has 0 aromatic carbocycles. The molecule has 0 amide bonds. The summed E-state index contributed by atoms with van der Waals surface area (Å²) in [4.78, 5) is 7.38. The minimum Gasteiger partial charge on any atom is -0.379 e. The highest BCUT2D eigenvalue weighted by atomic mass is 16.5. The van der Waals surface area contributed by atoms with E-state index in [4.69, 9.17) is 19.2 Å². The summed E-state index contributed by atoms with van der Waals surface area (Å²) in [5.74, 6) is 1.54. The van der Waals surface area contributed by atoms with E-state index in [9.17, 15) is 0 Å². The van der Waals surface area contributed by atoms with Gasteiger partial charge in [0, 0.05) is 38.8 Å². The third-order valence-corrected chi connectivity index (χ3v) is 4.98. The minimum absolute atomic E-state index is 0.289. The van der Waals surface area contributed by atoms with Crippen molar-refractivity contribution in [3.8, 4) is 0 Å². The Morgan fingerprint density at radius 3 is 2.70 bits per heavy atom. The summed E-state index contributed by atoms with van der Waals surface area (Å²) >= 11 is 0. The highest BCUT2D eigenvalue weighted by molar-refractivity contribution is 5.79. The molecular formula is C20H40N4O3. The molecule has 0 aromatic heterocycles. The van der Waals surface area contributed by atoms with Crippen LogP contribution in [0.2, 0.25) is 0 Å². The SMILES string of the molecule is CCNC(=NCC(CC(C)C)N1CCOCC1)NCCOCC1CCCO1. The van der Waals surface area contributed by atoms with Crippen molar-refractivity contribution < 1.29 is 14.2 Å². The first-order chi connectivity index (χ1) is 13.2. The van der Waals surface area contributed by atoms with Crippen LogP contribution in [0.3, 0.4) is 0 Å². The molecule has 158 valence electrons. The second-order valence-corrected chi connectivity index (χ2v) is 7.79. The van der Waals surface area contributed by atoms with E-state index >= 15 is 0 Å². The second kappa shape index (κ2) is 13.3. The Labute approximate surface area is 165 Å². The van der Waals surface area contributed by atoms with Crippen molar-refractivity contribution in [1.29, 1.82) is 0 Å². The fourth-order valence-electron chi connectivity index (χ4n) is 3.60. The molecule has 0 saturated carbocycles. The van der Waals surface area contributed by atoms with E-state index in [0.29, 0.717) is 25.2 Å². The van der Waals surface area contributed by atoms with Gasteiger partial charge in [0.25, 0.3) is 0 Å². The Balaban J connectivity index is 1.74. The van der Waals surface area contributed by atoms with E-state index in [-0.39, 0.29) is 6.10 Å². The monoisotopic (exact) mass is 384 g/mol. The fourth-order valence-corrected chi connectivity index (χ4v) is 3.60. The van der Waals surface area contributed by atoms with Gasteiger partial charge in [-0.1, -0.05) is 13.8 Å². The Hall–Kier alpha value is -0.890. The predicted molar refractivity (Wildman–Crippen MR) is 109 cm³/mol. The third kappa shape index (κ3) is 9.23. The Bertz CT molecular complexity index is 408. The van der Waals surface area contributed by atoms with Crippen LogP contribution in [-0.4, -0.2) is 88.8 Å². The quantitative estimate of drug-likeness (QED) is 0.320. The molecule has 2 atom stereocenters. The largest absolute Gasteiger partial charge is 0.379 e. The maximum Gasteiger partial charge on any atom is 0.191 e. The van der Waals surface area contributed by atoms with Crippen molar-refractivity contribution in [1.82, 2.24) is 15.5 Å². The summed E-state index contributed by atoms with van der Waals surface area (Å²) in [7, 11) is 0. The summed E-state index contributed by atoms with van der Waals surface area (Å²) in [6.45, 7) is 15.0. The molecule has 2 heterocycles. The number of morpholine rings is 1. The number of nitrogens with one attached hydrogen (secondary N) is 2. The first kappa shape index (κ1) is 22.4. The van der Waals surface area contributed by atoms with Crippen LogP contribution in [0.25, 0.3) is 0 Å². The van der Waals surface area contributed by atoms with Crippen LogP contribution in [0.15, 0.2) is 4.99 Å². The summed E-state index contributed by atoms with van der Waals surface area (Å²) in [5, 5.41) is 6.73. The van der Waals surface area contributed by atoms with Crippen molar-refractivity contribution in [2.24, 2.45) is 10.9 Å². The van der Waals surface area contributed by atoms with E-state index in [1.807, 2.05) is 0 Å². The molecular weight excluding hydrogens is 344 g/mol. The van der Waals surface area contributed by atoms with Gasteiger partial charge in [-0.15, -0.1) is 0 Å². The Kier molecular flexibility index (Phi) is 11.0. The topological polar surface area (TPSA) is 67.4 Å². The maximum absolute atomic E-state index is 5.73. The zero-order valence-electron chi connectivity index (χ0n) is 17.5. The van der Waals surface area contributed by atoms with E-state index in [1.54, 1.807) is 0 Å². The smallest absolute Gasteiger partial charge is 0.191 e. The van der Waals surface area contributed by atoms with Crippen LogP contribution in [0, 0.1) is 5.92 Å². The van der Waals surface area contributed by atoms with E-state index in [2.05, 4.69) is 36.3 Å². The van der Waals surface area contributed by atoms with Crippen LogP contribution in [0.4, 0.5) is 0 Å². The first-order valence-electron chi connectivity index (χ1n) is 10.7. The lowest BCUT2D eigenvalue weighted by molar-refractivity contribution is 0.0142. The van der Waals surface area contributed by atoms with Crippen LogP contribution < -0.4 is 10.6 Å². The number of guanidine groups is 1. The maximum atomic E-state index is 5.73. The molecule has 2 saturated heterocycles. The summed E-state index contributed by atoms with van der Waals surface area (Å²) in [6, 6.07) is 0.472. The highest BCUT2D eigenvalue weighted by Gasteiger charge is 2.21.